The number of hydrogen-bond donors (Lipinski definition) is 1. The molecule has 0 saturated carbocycles. The van der Waals surface area contributed by atoms with Crippen LogP contribution >= 0.6 is 0 Å². The number of methoxy groups -OCH3 is 4. The molecule has 0 unspecified atom stereocenters. The number of nitrogens with one attached hydrogen (secondary N) is 1. The smallest absolute Gasteiger partial charge is 0.254 e. The summed E-state index contributed by atoms with van der Waals surface area (Å²) in [6, 6.07) is 12.2. The van der Waals surface area contributed by atoms with Crippen LogP contribution in [0.25, 0.3) is 0 Å². The van der Waals surface area contributed by atoms with Gasteiger partial charge in [0.1, 0.15) is 5.82 Å². The van der Waals surface area contributed by atoms with Gasteiger partial charge >= 0.3 is 0 Å². The van der Waals surface area contributed by atoms with Crippen LogP contribution in [-0.2, 0) is 4.79 Å². The second kappa shape index (κ2) is 10.4. The van der Waals surface area contributed by atoms with E-state index < -0.39 is 23.7 Å². The van der Waals surface area contributed by atoms with E-state index in [0.29, 0.717) is 50.9 Å². The zero-order chi connectivity index (χ0) is 26.9. The van der Waals surface area contributed by atoms with Gasteiger partial charge in [0.15, 0.2) is 23.0 Å². The predicted octanol–water partition coefficient (Wildman–Crippen LogP) is 4.72. The van der Waals surface area contributed by atoms with Crippen molar-refractivity contribution in [3.8, 4) is 23.0 Å². The summed E-state index contributed by atoms with van der Waals surface area (Å²) in [4.78, 5) is 29.0. The highest BCUT2D eigenvalue weighted by Gasteiger charge is 2.44. The van der Waals surface area contributed by atoms with Crippen molar-refractivity contribution in [1.29, 1.82) is 0 Å². The van der Waals surface area contributed by atoms with Gasteiger partial charge in [-0.05, 0) is 60.0 Å². The van der Waals surface area contributed by atoms with Crippen LogP contribution in [-0.4, -0.2) is 52.2 Å². The lowest BCUT2D eigenvalue weighted by atomic mass is 9.79. The van der Waals surface area contributed by atoms with Crippen molar-refractivity contribution in [2.24, 2.45) is 0 Å². The van der Waals surface area contributed by atoms with Gasteiger partial charge in [0.05, 0.1) is 40.4 Å². The van der Waals surface area contributed by atoms with Gasteiger partial charge in [0, 0.05) is 18.3 Å². The molecule has 4 rings (SSSR count). The van der Waals surface area contributed by atoms with Gasteiger partial charge in [0.25, 0.3) is 5.91 Å². The lowest BCUT2D eigenvalue weighted by molar-refractivity contribution is -0.119. The van der Waals surface area contributed by atoms with Gasteiger partial charge in [-0.2, -0.15) is 0 Å². The minimum absolute atomic E-state index is 0.291. The topological polar surface area (TPSA) is 86.3 Å². The molecule has 0 bridgehead atoms. The lowest BCUT2D eigenvalue weighted by Gasteiger charge is -2.40. The number of amides is 2. The molecule has 2 atom stereocenters. The van der Waals surface area contributed by atoms with Crippen molar-refractivity contribution in [1.82, 2.24) is 4.90 Å². The van der Waals surface area contributed by atoms with E-state index in [0.717, 1.165) is 0 Å². The first-order valence-electron chi connectivity index (χ1n) is 11.6. The van der Waals surface area contributed by atoms with E-state index in [1.165, 1.54) is 39.4 Å². The second-order valence-corrected chi connectivity index (χ2v) is 8.70. The van der Waals surface area contributed by atoms with Crippen LogP contribution in [0.3, 0.4) is 0 Å². The molecule has 1 aliphatic heterocycles. The van der Waals surface area contributed by atoms with Crippen molar-refractivity contribution >= 4 is 17.5 Å². The standard InChI is InChI=1S/C28H29FN2O6/c1-15-7-9-17(12-20(15)29)30-27(32)25-18-13-23(36-5)24(37-6)14-19(18)28(33)31(2)26(25)16-8-10-21(34-3)22(11-16)35-4/h7-14,25-26H,1-6H3,(H,30,32)/t25-,26-/m0/s1. The Morgan fingerprint density at radius 1 is 0.865 bits per heavy atom. The molecule has 1 N–H and O–H groups in total. The molecule has 1 aliphatic rings. The average Bonchev–Trinajstić information content (AvgIpc) is 2.91. The fraction of sp³-hybridized carbons (Fsp3) is 0.286. The summed E-state index contributed by atoms with van der Waals surface area (Å²) < 4.78 is 36.0. The Balaban J connectivity index is 1.90. The number of anilines is 1. The summed E-state index contributed by atoms with van der Waals surface area (Å²) in [7, 11) is 7.64. The first-order chi connectivity index (χ1) is 17.7. The number of aryl methyl sites for hydroxylation is 1. The number of carbonyl (C=O) groups is 2. The molecule has 3 aromatic carbocycles. The third-order valence-corrected chi connectivity index (χ3v) is 6.65. The van der Waals surface area contributed by atoms with E-state index >= 15 is 0 Å². The molecule has 37 heavy (non-hydrogen) atoms. The number of halogens is 1. The molecule has 0 fully saturated rings. The molecule has 194 valence electrons. The number of hydrogen-bond acceptors (Lipinski definition) is 6. The molecule has 0 radical (unpaired) electrons. The van der Waals surface area contributed by atoms with E-state index in [1.807, 2.05) is 0 Å². The molecule has 0 saturated heterocycles. The minimum Gasteiger partial charge on any atom is -0.493 e. The SMILES string of the molecule is COc1ccc([C@H]2[C@@H](C(=O)Nc3ccc(C)c(F)c3)c3cc(OC)c(OC)cc3C(=O)N2C)cc1OC. The maximum Gasteiger partial charge on any atom is 0.254 e. The molecular weight excluding hydrogens is 479 g/mol. The summed E-state index contributed by atoms with van der Waals surface area (Å²) in [6.45, 7) is 1.64. The number of benzene rings is 3. The second-order valence-electron chi connectivity index (χ2n) is 8.70. The third kappa shape index (κ3) is 4.64. The number of rotatable bonds is 7. The van der Waals surface area contributed by atoms with Crippen molar-refractivity contribution in [2.45, 2.75) is 18.9 Å². The van der Waals surface area contributed by atoms with Crippen LogP contribution in [0.5, 0.6) is 23.0 Å². The van der Waals surface area contributed by atoms with Crippen LogP contribution in [0, 0.1) is 12.7 Å². The largest absolute Gasteiger partial charge is 0.493 e. The van der Waals surface area contributed by atoms with Crippen molar-refractivity contribution in [3.63, 3.8) is 0 Å². The number of fused-ring (bicyclic) bond motifs is 1. The molecule has 3 aromatic rings. The number of ether oxygens (including phenoxy) is 4. The molecule has 1 heterocycles. The van der Waals surface area contributed by atoms with Gasteiger partial charge in [-0.15, -0.1) is 0 Å². The Morgan fingerprint density at radius 2 is 1.49 bits per heavy atom. The third-order valence-electron chi connectivity index (χ3n) is 6.65. The molecule has 8 nitrogen and oxygen atoms in total. The summed E-state index contributed by atoms with van der Waals surface area (Å²) in [5.74, 6) is -0.303. The highest BCUT2D eigenvalue weighted by molar-refractivity contribution is 6.05. The Bertz CT molecular complexity index is 1360. The number of nitrogens with zero attached hydrogens (tertiary/aromatic N) is 1. The first-order valence-corrected chi connectivity index (χ1v) is 11.6. The van der Waals surface area contributed by atoms with Crippen molar-refractivity contribution in [2.75, 3.05) is 40.8 Å². The van der Waals surface area contributed by atoms with E-state index in [9.17, 15) is 14.0 Å². The monoisotopic (exact) mass is 508 g/mol. The summed E-state index contributed by atoms with van der Waals surface area (Å²) in [5.41, 5.74) is 2.20. The highest BCUT2D eigenvalue weighted by Crippen LogP contribution is 2.47. The molecule has 0 spiro atoms. The minimum atomic E-state index is -0.875. The Hall–Kier alpha value is -4.27. The normalized spacial score (nSPS) is 16.6. The summed E-state index contributed by atoms with van der Waals surface area (Å²) in [6.07, 6.45) is 0. The molecular formula is C28H29FN2O6. The van der Waals surface area contributed by atoms with Gasteiger partial charge in [-0.1, -0.05) is 12.1 Å². The Kier molecular flexibility index (Phi) is 7.24. The molecule has 0 aromatic heterocycles. The lowest BCUT2D eigenvalue weighted by Crippen LogP contribution is -2.44. The van der Waals surface area contributed by atoms with E-state index in [-0.39, 0.29) is 5.91 Å². The molecule has 0 aliphatic carbocycles. The fourth-order valence-electron chi connectivity index (χ4n) is 4.68. The molecule has 9 heteroatoms. The van der Waals surface area contributed by atoms with Crippen LogP contribution in [0.2, 0.25) is 0 Å². The predicted molar refractivity (Wildman–Crippen MR) is 136 cm³/mol. The maximum atomic E-state index is 14.2. The zero-order valence-corrected chi connectivity index (χ0v) is 21.5. The quantitative estimate of drug-likeness (QED) is 0.497. The average molecular weight is 509 g/mol. The summed E-state index contributed by atoms with van der Waals surface area (Å²) in [5, 5.41) is 2.83. The number of likely N-dealkylation sites (N-methyl/N-ethyl adjacent to an activating group) is 1. The van der Waals surface area contributed by atoms with Crippen LogP contribution in [0.4, 0.5) is 10.1 Å². The van der Waals surface area contributed by atoms with Gasteiger partial charge in [-0.3, -0.25) is 9.59 Å². The summed E-state index contributed by atoms with van der Waals surface area (Å²) >= 11 is 0. The van der Waals surface area contributed by atoms with E-state index in [2.05, 4.69) is 5.32 Å². The van der Waals surface area contributed by atoms with Crippen LogP contribution in [0.1, 0.15) is 39.0 Å². The Labute approximate surface area is 214 Å². The number of carbonyl (C=O) groups excluding carboxylic acids is 2. The zero-order valence-electron chi connectivity index (χ0n) is 21.5. The van der Waals surface area contributed by atoms with Crippen molar-refractivity contribution in [3.05, 3.63) is 76.6 Å². The van der Waals surface area contributed by atoms with Crippen molar-refractivity contribution < 1.29 is 32.9 Å². The van der Waals surface area contributed by atoms with Gasteiger partial charge < -0.3 is 29.2 Å². The van der Waals surface area contributed by atoms with Crippen LogP contribution < -0.4 is 24.3 Å². The van der Waals surface area contributed by atoms with E-state index in [1.54, 1.807) is 56.4 Å². The Morgan fingerprint density at radius 3 is 2.11 bits per heavy atom. The van der Waals surface area contributed by atoms with Crippen LogP contribution in [0.15, 0.2) is 48.5 Å². The first kappa shape index (κ1) is 25.8. The maximum absolute atomic E-state index is 14.2. The van der Waals surface area contributed by atoms with Gasteiger partial charge in [-0.25, -0.2) is 4.39 Å². The fourth-order valence-corrected chi connectivity index (χ4v) is 4.68. The van der Waals surface area contributed by atoms with Gasteiger partial charge in [0.2, 0.25) is 5.91 Å². The molecule has 2 amide bonds. The van der Waals surface area contributed by atoms with E-state index in [4.69, 9.17) is 18.9 Å². The highest BCUT2D eigenvalue weighted by atomic mass is 19.1.